The number of quaternary nitrogens is 1. The molecule has 1 aromatic heterocycles. The largest absolute Gasteiger partial charge is 1.00 e. The summed E-state index contributed by atoms with van der Waals surface area (Å²) < 4.78 is 17.1. The molecule has 1 aliphatic heterocycles. The number of benzene rings is 1. The number of nitrogens with one attached hydrogen (secondary N) is 1. The first-order valence-electron chi connectivity index (χ1n) is 9.49. The maximum Gasteiger partial charge on any atom is 0.315 e. The standard InChI is InChI=1S/C19H25N3O6.ClH/c1-5-26-17-14(22(24)25)11-13-12(3)15(28-16(13)18(17)27-6-2)19(23)21-9-7-20(4)8-10-21;/h11H,5-10H2,1-4H3;1H. The fourth-order valence-corrected chi connectivity index (χ4v) is 3.42. The Hall–Kier alpha value is -2.52. The van der Waals surface area contributed by atoms with Gasteiger partial charge in [0.05, 0.1) is 51.4 Å². The number of piperazine rings is 1. The molecule has 0 unspecified atom stereocenters. The van der Waals surface area contributed by atoms with Gasteiger partial charge >= 0.3 is 5.69 Å². The summed E-state index contributed by atoms with van der Waals surface area (Å²) in [4.78, 5) is 27.2. The van der Waals surface area contributed by atoms with Gasteiger partial charge in [-0.1, -0.05) is 0 Å². The van der Waals surface area contributed by atoms with Crippen molar-refractivity contribution in [1.29, 1.82) is 0 Å². The molecule has 0 bridgehead atoms. The fraction of sp³-hybridized carbons (Fsp3) is 0.526. The number of nitro benzene ring substituents is 1. The Bertz CT molecular complexity index is 905. The average molecular weight is 428 g/mol. The fourth-order valence-electron chi connectivity index (χ4n) is 3.42. The predicted octanol–water partition coefficient (Wildman–Crippen LogP) is -1.58. The van der Waals surface area contributed by atoms with Gasteiger partial charge in [0.2, 0.25) is 11.5 Å². The number of halogens is 1. The number of carbonyl (C=O) groups is 1. The van der Waals surface area contributed by atoms with E-state index in [1.54, 1.807) is 25.7 Å². The lowest BCUT2D eigenvalue weighted by Crippen LogP contribution is -3.12. The summed E-state index contributed by atoms with van der Waals surface area (Å²) >= 11 is 0. The molecule has 29 heavy (non-hydrogen) atoms. The highest BCUT2D eigenvalue weighted by Crippen LogP contribution is 2.46. The van der Waals surface area contributed by atoms with E-state index in [1.807, 2.05) is 0 Å². The van der Waals surface area contributed by atoms with Crippen LogP contribution in [-0.4, -0.2) is 62.2 Å². The zero-order chi connectivity index (χ0) is 20.4. The van der Waals surface area contributed by atoms with Gasteiger partial charge in [0.1, 0.15) is 0 Å². The van der Waals surface area contributed by atoms with E-state index in [2.05, 4.69) is 7.05 Å². The highest BCUT2D eigenvalue weighted by molar-refractivity contribution is 6.02. The minimum atomic E-state index is -0.510. The van der Waals surface area contributed by atoms with Crippen LogP contribution in [0.3, 0.4) is 0 Å². The molecule has 10 heteroatoms. The highest BCUT2D eigenvalue weighted by atomic mass is 35.5. The van der Waals surface area contributed by atoms with Crippen molar-refractivity contribution >= 4 is 22.6 Å². The third-order valence-corrected chi connectivity index (χ3v) is 4.99. The molecule has 0 radical (unpaired) electrons. The number of amides is 1. The van der Waals surface area contributed by atoms with E-state index >= 15 is 0 Å². The molecule has 0 spiro atoms. The van der Waals surface area contributed by atoms with E-state index < -0.39 is 4.92 Å². The number of ether oxygens (including phenoxy) is 2. The quantitative estimate of drug-likeness (QED) is 0.441. The number of rotatable bonds is 6. The molecule has 9 nitrogen and oxygen atoms in total. The molecule has 2 heterocycles. The summed E-state index contributed by atoms with van der Waals surface area (Å²) in [5.41, 5.74) is 0.666. The number of furan rings is 1. The molecule has 1 saturated heterocycles. The molecular weight excluding hydrogens is 402 g/mol. The van der Waals surface area contributed by atoms with Gasteiger partial charge in [-0.2, -0.15) is 0 Å². The molecule has 0 aliphatic carbocycles. The average Bonchev–Trinajstić information content (AvgIpc) is 3.00. The maximum atomic E-state index is 13.0. The Morgan fingerprint density at radius 1 is 1.24 bits per heavy atom. The maximum absolute atomic E-state index is 13.0. The molecule has 0 atom stereocenters. The number of aryl methyl sites for hydroxylation is 1. The summed E-state index contributed by atoms with van der Waals surface area (Å²) in [6, 6.07) is 1.40. The van der Waals surface area contributed by atoms with Crippen molar-refractivity contribution in [2.45, 2.75) is 20.8 Å². The first-order valence-corrected chi connectivity index (χ1v) is 9.49. The molecule has 1 aliphatic rings. The Morgan fingerprint density at radius 3 is 2.38 bits per heavy atom. The van der Waals surface area contributed by atoms with E-state index in [0.717, 1.165) is 13.1 Å². The van der Waals surface area contributed by atoms with Crippen LogP contribution in [0.5, 0.6) is 11.5 Å². The molecular formula is C19H26ClN3O6. The van der Waals surface area contributed by atoms with E-state index in [0.29, 0.717) is 29.6 Å². The molecule has 1 amide bonds. The summed E-state index contributed by atoms with van der Waals surface area (Å²) in [7, 11) is 2.09. The number of nitro groups is 1. The topological polar surface area (TPSA) is 99.5 Å². The van der Waals surface area contributed by atoms with Crippen molar-refractivity contribution in [3.8, 4) is 11.5 Å². The Morgan fingerprint density at radius 2 is 1.83 bits per heavy atom. The van der Waals surface area contributed by atoms with Crippen LogP contribution in [0, 0.1) is 17.0 Å². The van der Waals surface area contributed by atoms with Crippen molar-refractivity contribution in [3.63, 3.8) is 0 Å². The van der Waals surface area contributed by atoms with Crippen LogP contribution in [0.2, 0.25) is 0 Å². The van der Waals surface area contributed by atoms with Crippen LogP contribution >= 0.6 is 0 Å². The van der Waals surface area contributed by atoms with Gasteiger partial charge in [-0.25, -0.2) is 0 Å². The highest BCUT2D eigenvalue weighted by Gasteiger charge is 2.32. The van der Waals surface area contributed by atoms with Crippen LogP contribution in [-0.2, 0) is 0 Å². The smallest absolute Gasteiger partial charge is 0.315 e. The van der Waals surface area contributed by atoms with E-state index in [9.17, 15) is 14.9 Å². The number of hydrogen-bond donors (Lipinski definition) is 1. The van der Waals surface area contributed by atoms with Gasteiger partial charge < -0.3 is 36.1 Å². The van der Waals surface area contributed by atoms with Crippen LogP contribution in [0.15, 0.2) is 10.5 Å². The normalized spacial score (nSPS) is 14.6. The van der Waals surface area contributed by atoms with E-state index in [4.69, 9.17) is 13.9 Å². The summed E-state index contributed by atoms with van der Waals surface area (Å²) in [6.45, 7) is 8.79. The molecule has 160 valence electrons. The third-order valence-electron chi connectivity index (χ3n) is 4.99. The number of fused-ring (bicyclic) bond motifs is 1. The van der Waals surface area contributed by atoms with Gasteiger partial charge in [-0.05, 0) is 20.8 Å². The summed E-state index contributed by atoms with van der Waals surface area (Å²) in [5.74, 6) is 0.180. The van der Waals surface area contributed by atoms with Crippen LogP contribution in [0.4, 0.5) is 5.69 Å². The molecule has 1 N–H and O–H groups in total. The molecule has 0 saturated carbocycles. The van der Waals surface area contributed by atoms with Crippen molar-refractivity contribution in [2.75, 3.05) is 46.4 Å². The zero-order valence-corrected chi connectivity index (χ0v) is 17.8. The lowest BCUT2D eigenvalue weighted by Gasteiger charge is -2.29. The number of hydrogen-bond acceptors (Lipinski definition) is 6. The Kier molecular flexibility index (Phi) is 7.32. The van der Waals surface area contributed by atoms with E-state index in [-0.39, 0.29) is 54.5 Å². The van der Waals surface area contributed by atoms with Crippen molar-refractivity contribution in [2.24, 2.45) is 0 Å². The minimum Gasteiger partial charge on any atom is -1.00 e. The molecule has 3 rings (SSSR count). The van der Waals surface area contributed by atoms with Crippen molar-refractivity contribution < 1.29 is 40.9 Å². The second kappa shape index (κ2) is 9.32. The van der Waals surface area contributed by atoms with Gasteiger partial charge in [-0.3, -0.25) is 14.9 Å². The van der Waals surface area contributed by atoms with Gasteiger partial charge in [0.15, 0.2) is 11.3 Å². The Balaban J connectivity index is 0.00000300. The van der Waals surface area contributed by atoms with Gasteiger partial charge in [0, 0.05) is 17.0 Å². The first kappa shape index (κ1) is 22.8. The molecule has 2 aromatic rings. The zero-order valence-electron chi connectivity index (χ0n) is 17.0. The van der Waals surface area contributed by atoms with Crippen LogP contribution in [0.25, 0.3) is 11.0 Å². The van der Waals surface area contributed by atoms with Gasteiger partial charge in [-0.15, -0.1) is 0 Å². The first-order chi connectivity index (χ1) is 13.4. The second-order valence-electron chi connectivity index (χ2n) is 6.86. The lowest BCUT2D eigenvalue weighted by molar-refractivity contribution is -0.883. The molecule has 1 aromatic carbocycles. The second-order valence-corrected chi connectivity index (χ2v) is 6.86. The lowest BCUT2D eigenvalue weighted by atomic mass is 10.1. The van der Waals surface area contributed by atoms with Crippen molar-refractivity contribution in [1.82, 2.24) is 4.90 Å². The van der Waals surface area contributed by atoms with Crippen LogP contribution in [0.1, 0.15) is 30.0 Å². The SMILES string of the molecule is CCOc1c([N+](=O)[O-])cc2c(C)c(C(=O)N3CC[NH+](C)CC3)oc2c1OCC.[Cl-]. The van der Waals surface area contributed by atoms with E-state index in [1.165, 1.54) is 11.0 Å². The van der Waals surface area contributed by atoms with Crippen LogP contribution < -0.4 is 26.8 Å². The minimum absolute atomic E-state index is 0. The molecule has 1 fully saturated rings. The number of carbonyl (C=O) groups excluding carboxylic acids is 1. The third kappa shape index (κ3) is 4.25. The summed E-state index contributed by atoms with van der Waals surface area (Å²) in [6.07, 6.45) is 0. The predicted molar refractivity (Wildman–Crippen MR) is 102 cm³/mol. The van der Waals surface area contributed by atoms with Crippen molar-refractivity contribution in [3.05, 3.63) is 27.5 Å². The Labute approximate surface area is 175 Å². The number of nitrogens with zero attached hydrogens (tertiary/aromatic N) is 2. The summed E-state index contributed by atoms with van der Waals surface area (Å²) in [5, 5.41) is 12.1. The monoisotopic (exact) mass is 427 g/mol. The van der Waals surface area contributed by atoms with Gasteiger partial charge in [0.25, 0.3) is 5.91 Å². The number of likely N-dealkylation sites (N-methyl/N-ethyl adjacent to an activating group) is 1.